The number of fused-ring (bicyclic) bond motifs is 1. The SMILES string of the molecule is CCOCCn1c(=O)n(Cc2cncn2C2CCCC2)c2cc(C(=O)O)cnc21. The first kappa shape index (κ1) is 19.4. The number of rotatable bonds is 8. The molecule has 1 N–H and O–H groups in total. The average molecular weight is 399 g/mol. The van der Waals surface area contributed by atoms with Gasteiger partial charge in [0.25, 0.3) is 0 Å². The molecule has 3 aromatic heterocycles. The van der Waals surface area contributed by atoms with Crippen molar-refractivity contribution in [3.05, 3.63) is 46.5 Å². The molecule has 9 nitrogen and oxygen atoms in total. The molecule has 3 aromatic rings. The van der Waals surface area contributed by atoms with E-state index in [4.69, 9.17) is 4.74 Å². The van der Waals surface area contributed by atoms with Crippen molar-refractivity contribution in [2.45, 2.75) is 51.7 Å². The van der Waals surface area contributed by atoms with Crippen LogP contribution in [-0.4, -0.2) is 48.0 Å². The van der Waals surface area contributed by atoms with Crippen LogP contribution in [0.5, 0.6) is 0 Å². The molecule has 0 amide bonds. The molecular weight excluding hydrogens is 374 g/mol. The first-order valence-corrected chi connectivity index (χ1v) is 10.0. The van der Waals surface area contributed by atoms with Gasteiger partial charge in [0.15, 0.2) is 5.65 Å². The van der Waals surface area contributed by atoms with Crippen LogP contribution in [0.3, 0.4) is 0 Å². The molecule has 9 heteroatoms. The summed E-state index contributed by atoms with van der Waals surface area (Å²) in [4.78, 5) is 33.2. The van der Waals surface area contributed by atoms with Crippen LogP contribution in [0.1, 0.15) is 54.7 Å². The standard InChI is InChI=1S/C20H25N5O4/c1-2-29-8-7-23-18-17(9-14(10-22-18)19(26)27)24(20(23)28)12-16-11-21-13-25(16)15-5-3-4-6-15/h9-11,13,15H,2-8,12H2,1H3,(H,26,27). The average Bonchev–Trinajstić information content (AvgIpc) is 3.44. The molecule has 3 heterocycles. The molecule has 0 saturated heterocycles. The lowest BCUT2D eigenvalue weighted by Gasteiger charge is -2.15. The summed E-state index contributed by atoms with van der Waals surface area (Å²) < 4.78 is 10.7. The summed E-state index contributed by atoms with van der Waals surface area (Å²) in [5, 5.41) is 9.36. The van der Waals surface area contributed by atoms with Gasteiger partial charge in [0.05, 0.1) is 42.8 Å². The minimum atomic E-state index is -1.07. The lowest BCUT2D eigenvalue weighted by molar-refractivity contribution is 0.0696. The van der Waals surface area contributed by atoms with Crippen molar-refractivity contribution in [3.8, 4) is 0 Å². The summed E-state index contributed by atoms with van der Waals surface area (Å²) >= 11 is 0. The Morgan fingerprint density at radius 3 is 2.79 bits per heavy atom. The first-order valence-electron chi connectivity index (χ1n) is 10.0. The number of pyridine rings is 1. The van der Waals surface area contributed by atoms with Crippen molar-refractivity contribution in [1.29, 1.82) is 0 Å². The molecule has 1 fully saturated rings. The summed E-state index contributed by atoms with van der Waals surface area (Å²) in [5.74, 6) is -1.07. The van der Waals surface area contributed by atoms with Crippen molar-refractivity contribution < 1.29 is 14.6 Å². The molecule has 0 aromatic carbocycles. The lowest BCUT2D eigenvalue weighted by Crippen LogP contribution is -2.27. The molecule has 1 saturated carbocycles. The van der Waals surface area contributed by atoms with E-state index < -0.39 is 5.97 Å². The molecule has 1 aliphatic carbocycles. The van der Waals surface area contributed by atoms with Crippen molar-refractivity contribution in [2.24, 2.45) is 0 Å². The van der Waals surface area contributed by atoms with E-state index in [1.807, 2.05) is 13.3 Å². The highest BCUT2D eigenvalue weighted by atomic mass is 16.5. The highest BCUT2D eigenvalue weighted by Crippen LogP contribution is 2.30. The summed E-state index contributed by atoms with van der Waals surface area (Å²) in [6.07, 6.45) is 9.51. The van der Waals surface area contributed by atoms with E-state index in [1.54, 1.807) is 15.3 Å². The lowest BCUT2D eigenvalue weighted by atomic mass is 10.2. The number of imidazole rings is 2. The summed E-state index contributed by atoms with van der Waals surface area (Å²) in [6.45, 7) is 3.52. The molecule has 0 radical (unpaired) electrons. The largest absolute Gasteiger partial charge is 0.478 e. The fraction of sp³-hybridized carbons (Fsp3) is 0.500. The molecule has 0 unspecified atom stereocenters. The van der Waals surface area contributed by atoms with Gasteiger partial charge in [0, 0.05) is 25.0 Å². The number of carboxylic acids is 1. The predicted molar refractivity (Wildman–Crippen MR) is 106 cm³/mol. The van der Waals surface area contributed by atoms with Gasteiger partial charge in [-0.3, -0.25) is 9.13 Å². The number of hydrogen-bond donors (Lipinski definition) is 1. The molecule has 0 bridgehead atoms. The zero-order valence-corrected chi connectivity index (χ0v) is 16.5. The number of hydrogen-bond acceptors (Lipinski definition) is 5. The zero-order chi connectivity index (χ0) is 20.4. The van der Waals surface area contributed by atoms with Crippen molar-refractivity contribution in [1.82, 2.24) is 23.7 Å². The number of nitrogens with zero attached hydrogens (tertiary/aromatic N) is 5. The maximum absolute atomic E-state index is 13.2. The van der Waals surface area contributed by atoms with Crippen LogP contribution in [-0.2, 0) is 17.8 Å². The highest BCUT2D eigenvalue weighted by molar-refractivity contribution is 5.91. The van der Waals surface area contributed by atoms with Gasteiger partial charge in [-0.15, -0.1) is 0 Å². The van der Waals surface area contributed by atoms with E-state index in [-0.39, 0.29) is 11.3 Å². The fourth-order valence-corrected chi connectivity index (χ4v) is 4.09. The summed E-state index contributed by atoms with van der Waals surface area (Å²) in [6, 6.07) is 1.92. The number of carboxylic acid groups (broad SMARTS) is 1. The molecule has 1 aliphatic rings. The Balaban J connectivity index is 1.77. The van der Waals surface area contributed by atoms with Gasteiger partial charge in [0.1, 0.15) is 0 Å². The van der Waals surface area contributed by atoms with Crippen molar-refractivity contribution in [2.75, 3.05) is 13.2 Å². The molecular formula is C20H25N5O4. The fourth-order valence-electron chi connectivity index (χ4n) is 4.09. The van der Waals surface area contributed by atoms with E-state index in [2.05, 4.69) is 14.5 Å². The van der Waals surface area contributed by atoms with Gasteiger partial charge in [-0.25, -0.2) is 19.6 Å². The maximum Gasteiger partial charge on any atom is 0.337 e. The third-order valence-electron chi connectivity index (χ3n) is 5.55. The van der Waals surface area contributed by atoms with Gasteiger partial charge in [-0.1, -0.05) is 12.8 Å². The van der Waals surface area contributed by atoms with E-state index in [9.17, 15) is 14.7 Å². The van der Waals surface area contributed by atoms with Gasteiger partial charge in [-0.05, 0) is 25.8 Å². The Morgan fingerprint density at radius 1 is 1.28 bits per heavy atom. The number of carbonyl (C=O) groups is 1. The number of aromatic carboxylic acids is 1. The van der Waals surface area contributed by atoms with Crippen molar-refractivity contribution >= 4 is 17.1 Å². The Labute approximate surface area is 167 Å². The van der Waals surface area contributed by atoms with Crippen LogP contribution < -0.4 is 5.69 Å². The molecule has 0 atom stereocenters. The Hall–Kier alpha value is -2.94. The van der Waals surface area contributed by atoms with Crippen LogP contribution in [0.4, 0.5) is 0 Å². The second-order valence-corrected chi connectivity index (χ2v) is 7.32. The second-order valence-electron chi connectivity index (χ2n) is 7.32. The monoisotopic (exact) mass is 399 g/mol. The van der Waals surface area contributed by atoms with E-state index in [0.717, 1.165) is 18.5 Å². The molecule has 154 valence electrons. The van der Waals surface area contributed by atoms with Crippen LogP contribution in [0.2, 0.25) is 0 Å². The van der Waals surface area contributed by atoms with Crippen molar-refractivity contribution in [3.63, 3.8) is 0 Å². The third kappa shape index (κ3) is 3.69. The van der Waals surface area contributed by atoms with Crippen LogP contribution >= 0.6 is 0 Å². The molecule has 4 rings (SSSR count). The predicted octanol–water partition coefficient (Wildman–Crippen LogP) is 2.29. The van der Waals surface area contributed by atoms with Crippen LogP contribution in [0.15, 0.2) is 29.6 Å². The Bertz CT molecular complexity index is 1070. The minimum absolute atomic E-state index is 0.0532. The first-order chi connectivity index (χ1) is 14.1. The topological polar surface area (TPSA) is 104 Å². The quantitative estimate of drug-likeness (QED) is 0.583. The third-order valence-corrected chi connectivity index (χ3v) is 5.55. The maximum atomic E-state index is 13.2. The van der Waals surface area contributed by atoms with Crippen LogP contribution in [0.25, 0.3) is 11.2 Å². The highest BCUT2D eigenvalue weighted by Gasteiger charge is 2.22. The van der Waals surface area contributed by atoms with Gasteiger partial charge >= 0.3 is 11.7 Å². The smallest absolute Gasteiger partial charge is 0.337 e. The second kappa shape index (κ2) is 8.20. The summed E-state index contributed by atoms with van der Waals surface area (Å²) in [5.41, 5.74) is 1.73. The Morgan fingerprint density at radius 2 is 2.07 bits per heavy atom. The van der Waals surface area contributed by atoms with Gasteiger partial charge in [-0.2, -0.15) is 0 Å². The normalized spacial score (nSPS) is 14.8. The molecule has 29 heavy (non-hydrogen) atoms. The summed E-state index contributed by atoms with van der Waals surface area (Å²) in [7, 11) is 0. The van der Waals surface area contributed by atoms with Gasteiger partial charge < -0.3 is 14.4 Å². The number of ether oxygens (including phenoxy) is 1. The zero-order valence-electron chi connectivity index (χ0n) is 16.5. The van der Waals surface area contributed by atoms with E-state index >= 15 is 0 Å². The van der Waals surface area contributed by atoms with Gasteiger partial charge in [0.2, 0.25) is 0 Å². The number of aromatic nitrogens is 5. The minimum Gasteiger partial charge on any atom is -0.478 e. The molecule has 0 spiro atoms. The molecule has 0 aliphatic heterocycles. The Kier molecular flexibility index (Phi) is 5.48. The van der Waals surface area contributed by atoms with E-state index in [0.29, 0.717) is 43.5 Å². The van der Waals surface area contributed by atoms with E-state index in [1.165, 1.54) is 25.1 Å². The van der Waals surface area contributed by atoms with Crippen LogP contribution in [0, 0.1) is 0 Å².